The molecule has 0 aromatic carbocycles. The summed E-state index contributed by atoms with van der Waals surface area (Å²) in [6, 6.07) is 3.66. The molecule has 2 rings (SSSR count). The third-order valence-corrected chi connectivity index (χ3v) is 2.42. The summed E-state index contributed by atoms with van der Waals surface area (Å²) < 4.78 is 3.23. The third kappa shape index (κ3) is 1.99. The highest BCUT2D eigenvalue weighted by molar-refractivity contribution is 5.59. The number of nitrogens with one attached hydrogen (secondary N) is 1. The summed E-state index contributed by atoms with van der Waals surface area (Å²) in [6.45, 7) is 4.08. The average molecular weight is 235 g/mol. The van der Waals surface area contributed by atoms with Crippen molar-refractivity contribution < 1.29 is 4.92 Å². The number of aromatic nitrogens is 3. The Morgan fingerprint density at radius 1 is 1.47 bits per heavy atom. The quantitative estimate of drug-likeness (QED) is 0.647. The topological polar surface area (TPSA) is 77.9 Å². The van der Waals surface area contributed by atoms with Crippen molar-refractivity contribution in [1.29, 1.82) is 0 Å². The fourth-order valence-corrected chi connectivity index (χ4v) is 1.66. The molecule has 0 unspecified atom stereocenters. The van der Waals surface area contributed by atoms with Gasteiger partial charge in [-0.25, -0.2) is 4.68 Å². The molecule has 1 N–H and O–H groups in total. The summed E-state index contributed by atoms with van der Waals surface area (Å²) in [5.74, 6) is 0.395. The van der Waals surface area contributed by atoms with E-state index in [1.165, 1.54) is 0 Å². The van der Waals surface area contributed by atoms with Gasteiger partial charge >= 0.3 is 5.69 Å². The van der Waals surface area contributed by atoms with Crippen molar-refractivity contribution in [1.82, 2.24) is 14.5 Å². The summed E-state index contributed by atoms with van der Waals surface area (Å²) in [5, 5.41) is 15.1. The van der Waals surface area contributed by atoms with Gasteiger partial charge in [-0.15, -0.1) is 0 Å². The van der Waals surface area contributed by atoms with Gasteiger partial charge < -0.3 is 0 Å². The van der Waals surface area contributed by atoms with Crippen LogP contribution < -0.4 is 5.43 Å². The lowest BCUT2D eigenvalue weighted by molar-refractivity contribution is -0.384. The molecule has 0 fully saturated rings. The molecule has 0 spiro atoms. The van der Waals surface area contributed by atoms with Crippen LogP contribution in [0.1, 0.15) is 12.6 Å². The maximum Gasteiger partial charge on any atom is 0.335 e. The summed E-state index contributed by atoms with van der Waals surface area (Å²) in [5.41, 5.74) is 3.37. The Labute approximate surface area is 97.8 Å². The van der Waals surface area contributed by atoms with E-state index in [4.69, 9.17) is 0 Å². The average Bonchev–Trinajstić information content (AvgIpc) is 2.86. The van der Waals surface area contributed by atoms with Crippen LogP contribution in [0.3, 0.4) is 0 Å². The number of anilines is 1. The molecule has 2 heterocycles. The minimum absolute atomic E-state index is 0.0144. The zero-order valence-corrected chi connectivity index (χ0v) is 9.62. The molecule has 0 saturated carbocycles. The Kier molecular flexibility index (Phi) is 2.82. The van der Waals surface area contributed by atoms with Crippen molar-refractivity contribution >= 4 is 11.5 Å². The highest BCUT2D eigenvalue weighted by atomic mass is 16.6. The molecule has 0 bridgehead atoms. The number of nitro groups is 1. The number of hydrogen-bond acceptors (Lipinski definition) is 4. The largest absolute Gasteiger partial charge is 0.335 e. The maximum absolute atomic E-state index is 11.0. The van der Waals surface area contributed by atoms with Crippen LogP contribution in [0.4, 0.5) is 11.5 Å². The first-order valence-corrected chi connectivity index (χ1v) is 5.25. The lowest BCUT2D eigenvalue weighted by Crippen LogP contribution is -2.12. The van der Waals surface area contributed by atoms with E-state index in [0.29, 0.717) is 18.1 Å². The minimum Gasteiger partial charge on any atom is -0.272 e. The van der Waals surface area contributed by atoms with Crippen molar-refractivity contribution in [2.45, 2.75) is 20.4 Å². The Bertz CT molecular complexity index is 529. The van der Waals surface area contributed by atoms with Crippen molar-refractivity contribution in [2.75, 3.05) is 5.43 Å². The van der Waals surface area contributed by atoms with Gasteiger partial charge in [0.05, 0.1) is 4.92 Å². The van der Waals surface area contributed by atoms with Crippen molar-refractivity contribution in [3.8, 4) is 0 Å². The van der Waals surface area contributed by atoms with Gasteiger partial charge in [0, 0.05) is 18.9 Å². The lowest BCUT2D eigenvalue weighted by atomic mass is 10.4. The predicted molar refractivity (Wildman–Crippen MR) is 62.7 cm³/mol. The van der Waals surface area contributed by atoms with Gasteiger partial charge in [-0.05, 0) is 26.0 Å². The number of hydrogen-bond donors (Lipinski definition) is 1. The van der Waals surface area contributed by atoms with Gasteiger partial charge in [0.15, 0.2) is 0 Å². The Morgan fingerprint density at radius 2 is 2.12 bits per heavy atom. The molecular formula is C10H13N5O2. The van der Waals surface area contributed by atoms with E-state index in [9.17, 15) is 10.1 Å². The standard InChI is InChI=1S/C10H13N5O2/c1-3-14-10(12-13-6-4-5-7-13)9(15(16)17)8(2)11-14/h4-7,12H,3H2,1-2H3. The SMILES string of the molecule is CCn1nc(C)c([N+](=O)[O-])c1Nn1cccc1. The van der Waals surface area contributed by atoms with Gasteiger partial charge in [-0.2, -0.15) is 5.10 Å². The smallest absolute Gasteiger partial charge is 0.272 e. The third-order valence-electron chi connectivity index (χ3n) is 2.42. The van der Waals surface area contributed by atoms with E-state index in [1.54, 1.807) is 28.7 Å². The van der Waals surface area contributed by atoms with Crippen LogP contribution in [0.15, 0.2) is 24.5 Å². The van der Waals surface area contributed by atoms with Crippen LogP contribution in [0, 0.1) is 17.0 Å². The second kappa shape index (κ2) is 4.28. The van der Waals surface area contributed by atoms with Gasteiger partial charge in [-0.3, -0.25) is 20.2 Å². The molecule has 90 valence electrons. The second-order valence-electron chi connectivity index (χ2n) is 3.56. The van der Waals surface area contributed by atoms with E-state index in [2.05, 4.69) is 10.5 Å². The zero-order valence-electron chi connectivity index (χ0n) is 9.62. The second-order valence-corrected chi connectivity index (χ2v) is 3.56. The van der Waals surface area contributed by atoms with Gasteiger partial charge in [0.1, 0.15) is 5.69 Å². The molecule has 0 saturated heterocycles. The monoisotopic (exact) mass is 235 g/mol. The van der Waals surface area contributed by atoms with Crippen molar-refractivity contribution in [3.63, 3.8) is 0 Å². The molecule has 0 radical (unpaired) electrons. The Morgan fingerprint density at radius 3 is 2.65 bits per heavy atom. The first-order chi connectivity index (χ1) is 8.13. The van der Waals surface area contributed by atoms with Crippen LogP contribution in [-0.4, -0.2) is 19.4 Å². The van der Waals surface area contributed by atoms with Crippen LogP contribution in [-0.2, 0) is 6.54 Å². The Balaban J connectivity index is 2.46. The molecule has 7 heteroatoms. The number of nitrogens with zero attached hydrogens (tertiary/aromatic N) is 4. The zero-order chi connectivity index (χ0) is 12.4. The number of aryl methyl sites for hydroxylation is 2. The van der Waals surface area contributed by atoms with Crippen LogP contribution in [0.2, 0.25) is 0 Å². The molecule has 17 heavy (non-hydrogen) atoms. The van der Waals surface area contributed by atoms with E-state index >= 15 is 0 Å². The van der Waals surface area contributed by atoms with Crippen LogP contribution in [0.25, 0.3) is 0 Å². The highest BCUT2D eigenvalue weighted by Gasteiger charge is 2.24. The van der Waals surface area contributed by atoms with E-state index in [-0.39, 0.29) is 5.69 Å². The van der Waals surface area contributed by atoms with Crippen LogP contribution >= 0.6 is 0 Å². The predicted octanol–water partition coefficient (Wildman–Crippen LogP) is 1.80. The summed E-state index contributed by atoms with van der Waals surface area (Å²) in [4.78, 5) is 10.6. The summed E-state index contributed by atoms with van der Waals surface area (Å²) in [7, 11) is 0. The highest BCUT2D eigenvalue weighted by Crippen LogP contribution is 2.28. The molecule has 0 aliphatic carbocycles. The van der Waals surface area contributed by atoms with E-state index in [1.807, 2.05) is 19.1 Å². The fourth-order valence-electron chi connectivity index (χ4n) is 1.66. The lowest BCUT2D eigenvalue weighted by Gasteiger charge is -2.08. The molecule has 7 nitrogen and oxygen atoms in total. The van der Waals surface area contributed by atoms with Gasteiger partial charge in [0.2, 0.25) is 5.82 Å². The molecule has 2 aromatic rings. The van der Waals surface area contributed by atoms with Gasteiger partial charge in [-0.1, -0.05) is 0 Å². The molecule has 0 aliphatic rings. The van der Waals surface area contributed by atoms with E-state index in [0.717, 1.165) is 0 Å². The maximum atomic E-state index is 11.0. The molecule has 0 aliphatic heterocycles. The fraction of sp³-hybridized carbons (Fsp3) is 0.300. The minimum atomic E-state index is -0.416. The summed E-state index contributed by atoms with van der Waals surface area (Å²) in [6.07, 6.45) is 3.54. The molecule has 2 aromatic heterocycles. The van der Waals surface area contributed by atoms with E-state index < -0.39 is 4.92 Å². The van der Waals surface area contributed by atoms with Crippen LogP contribution in [0.5, 0.6) is 0 Å². The molecular weight excluding hydrogens is 222 g/mol. The first-order valence-electron chi connectivity index (χ1n) is 5.25. The number of rotatable bonds is 4. The molecule has 0 atom stereocenters. The summed E-state index contributed by atoms with van der Waals surface area (Å²) >= 11 is 0. The Hall–Kier alpha value is -2.31. The van der Waals surface area contributed by atoms with Crippen molar-refractivity contribution in [3.05, 3.63) is 40.3 Å². The van der Waals surface area contributed by atoms with Gasteiger partial charge in [0.25, 0.3) is 0 Å². The first kappa shape index (κ1) is 11.2. The molecule has 0 amide bonds. The normalized spacial score (nSPS) is 10.5. The van der Waals surface area contributed by atoms with Crippen molar-refractivity contribution in [2.24, 2.45) is 0 Å².